The first-order valence-electron chi connectivity index (χ1n) is 2.88. The van der Waals surface area contributed by atoms with Crippen LogP contribution in [0.1, 0.15) is 17.1 Å². The molecule has 9 heavy (non-hydrogen) atoms. The predicted molar refractivity (Wildman–Crippen MR) is 40.2 cm³/mol. The average molecular weight is 142 g/mol. The highest BCUT2D eigenvalue weighted by Gasteiger charge is 2.05. The van der Waals surface area contributed by atoms with Gasteiger partial charge in [-0.15, -0.1) is 12.6 Å². The van der Waals surface area contributed by atoms with Gasteiger partial charge in [0.1, 0.15) is 11.5 Å². The van der Waals surface area contributed by atoms with Gasteiger partial charge in [0.2, 0.25) is 0 Å². The summed E-state index contributed by atoms with van der Waals surface area (Å²) in [6.07, 6.45) is 0. The second-order valence-electron chi connectivity index (χ2n) is 2.19. The van der Waals surface area contributed by atoms with Crippen LogP contribution in [-0.4, -0.2) is 0 Å². The maximum Gasteiger partial charge on any atom is 0.114 e. The lowest BCUT2D eigenvalue weighted by molar-refractivity contribution is 0.497. The molecule has 0 unspecified atom stereocenters. The van der Waals surface area contributed by atoms with Gasteiger partial charge in [-0.3, -0.25) is 0 Å². The smallest absolute Gasteiger partial charge is 0.114 e. The predicted octanol–water partition coefficient (Wildman–Crippen LogP) is 2.49. The van der Waals surface area contributed by atoms with Crippen molar-refractivity contribution in [2.45, 2.75) is 25.7 Å². The highest BCUT2D eigenvalue weighted by Crippen LogP contribution is 2.23. The molecule has 1 heterocycles. The minimum atomic E-state index is 0.910. The summed E-state index contributed by atoms with van der Waals surface area (Å²) in [5, 5.41) is 0. The Labute approximate surface area is 60.5 Å². The van der Waals surface area contributed by atoms with Gasteiger partial charge in [-0.1, -0.05) is 0 Å². The number of hydrogen-bond acceptors (Lipinski definition) is 2. The maximum atomic E-state index is 5.27. The molecule has 1 rings (SSSR count). The molecule has 0 radical (unpaired) electrons. The normalized spacial score (nSPS) is 10.2. The molecule has 1 aromatic heterocycles. The molecule has 0 aliphatic carbocycles. The minimum Gasteiger partial charge on any atom is -0.465 e. The monoisotopic (exact) mass is 142 g/mol. The number of thiol groups is 1. The summed E-state index contributed by atoms with van der Waals surface area (Å²) in [5.41, 5.74) is 1.15. The van der Waals surface area contributed by atoms with Gasteiger partial charge in [0.15, 0.2) is 0 Å². The van der Waals surface area contributed by atoms with E-state index in [-0.39, 0.29) is 0 Å². The van der Waals surface area contributed by atoms with E-state index in [1.165, 1.54) is 0 Å². The summed E-state index contributed by atoms with van der Waals surface area (Å²) in [6.45, 7) is 5.87. The summed E-state index contributed by atoms with van der Waals surface area (Å²) in [6, 6.07) is 0. The molecule has 50 valence electrons. The van der Waals surface area contributed by atoms with E-state index in [1.54, 1.807) is 0 Å². The molecule has 0 atom stereocenters. The van der Waals surface area contributed by atoms with Gasteiger partial charge >= 0.3 is 0 Å². The van der Waals surface area contributed by atoms with Crippen LogP contribution in [0.5, 0.6) is 0 Å². The molecule has 0 saturated heterocycles. The molecule has 1 nitrogen and oxygen atoms in total. The van der Waals surface area contributed by atoms with Gasteiger partial charge < -0.3 is 4.42 Å². The van der Waals surface area contributed by atoms with Crippen molar-refractivity contribution in [2.75, 3.05) is 0 Å². The van der Waals surface area contributed by atoms with E-state index in [2.05, 4.69) is 12.6 Å². The molecule has 0 spiro atoms. The molecule has 1 aromatic rings. The fourth-order valence-corrected chi connectivity index (χ4v) is 0.988. The molecule has 0 aliphatic heterocycles. The van der Waals surface area contributed by atoms with Gasteiger partial charge in [0.05, 0.1) is 0 Å². The van der Waals surface area contributed by atoms with Crippen molar-refractivity contribution < 1.29 is 4.42 Å². The van der Waals surface area contributed by atoms with Crippen LogP contribution in [0, 0.1) is 20.8 Å². The number of rotatable bonds is 0. The Morgan fingerprint density at radius 3 is 1.78 bits per heavy atom. The third-order valence-electron chi connectivity index (χ3n) is 1.52. The van der Waals surface area contributed by atoms with Gasteiger partial charge in [-0.05, 0) is 20.8 Å². The van der Waals surface area contributed by atoms with E-state index in [1.807, 2.05) is 20.8 Å². The second-order valence-corrected chi connectivity index (χ2v) is 2.64. The Bertz CT molecular complexity index is 203. The zero-order valence-corrected chi connectivity index (χ0v) is 6.75. The minimum absolute atomic E-state index is 0.910. The van der Waals surface area contributed by atoms with Crippen LogP contribution in [0.2, 0.25) is 0 Å². The molecule has 0 aliphatic rings. The van der Waals surface area contributed by atoms with Crippen LogP contribution in [0.15, 0.2) is 9.31 Å². The van der Waals surface area contributed by atoms with E-state index in [4.69, 9.17) is 4.42 Å². The Morgan fingerprint density at radius 2 is 1.67 bits per heavy atom. The van der Waals surface area contributed by atoms with Crippen molar-refractivity contribution in [3.63, 3.8) is 0 Å². The average Bonchev–Trinajstić information content (AvgIpc) is 1.98. The largest absolute Gasteiger partial charge is 0.465 e. The Hall–Kier alpha value is -0.370. The lowest BCUT2D eigenvalue weighted by atomic mass is 10.3. The standard InChI is InChI=1S/C7H10OS/c1-4-5(2)8-6(3)7(4)9/h9H,1-3H3. The first-order chi connectivity index (χ1) is 4.13. The highest BCUT2D eigenvalue weighted by molar-refractivity contribution is 7.80. The second kappa shape index (κ2) is 2.10. The van der Waals surface area contributed by atoms with Crippen molar-refractivity contribution in [2.24, 2.45) is 0 Å². The quantitative estimate of drug-likeness (QED) is 0.549. The van der Waals surface area contributed by atoms with Gasteiger partial charge in [0, 0.05) is 10.5 Å². The van der Waals surface area contributed by atoms with Crippen molar-refractivity contribution in [1.29, 1.82) is 0 Å². The SMILES string of the molecule is Cc1oc(C)c(S)c1C. The van der Waals surface area contributed by atoms with E-state index >= 15 is 0 Å². The lowest BCUT2D eigenvalue weighted by Crippen LogP contribution is -1.69. The topological polar surface area (TPSA) is 13.1 Å². The van der Waals surface area contributed by atoms with E-state index in [0.29, 0.717) is 0 Å². The van der Waals surface area contributed by atoms with Crippen molar-refractivity contribution in [1.82, 2.24) is 0 Å². The van der Waals surface area contributed by atoms with Crippen LogP contribution < -0.4 is 0 Å². The van der Waals surface area contributed by atoms with E-state index in [0.717, 1.165) is 22.0 Å². The van der Waals surface area contributed by atoms with Crippen LogP contribution >= 0.6 is 12.6 Å². The summed E-state index contributed by atoms with van der Waals surface area (Å²) < 4.78 is 5.27. The van der Waals surface area contributed by atoms with E-state index < -0.39 is 0 Å². The molecule has 0 fully saturated rings. The van der Waals surface area contributed by atoms with E-state index in [9.17, 15) is 0 Å². The molecular formula is C7H10OS. The summed E-state index contributed by atoms with van der Waals surface area (Å²) in [4.78, 5) is 0.979. The molecule has 0 saturated carbocycles. The van der Waals surface area contributed by atoms with Crippen LogP contribution in [0.4, 0.5) is 0 Å². The zero-order chi connectivity index (χ0) is 7.02. The zero-order valence-electron chi connectivity index (χ0n) is 5.86. The third-order valence-corrected chi connectivity index (χ3v) is 2.17. The Morgan fingerprint density at radius 1 is 1.11 bits per heavy atom. The maximum absolute atomic E-state index is 5.27. The fraction of sp³-hybridized carbons (Fsp3) is 0.429. The van der Waals surface area contributed by atoms with Crippen LogP contribution in [0.3, 0.4) is 0 Å². The first-order valence-corrected chi connectivity index (χ1v) is 3.33. The molecule has 0 bridgehead atoms. The lowest BCUT2D eigenvalue weighted by Gasteiger charge is -1.84. The van der Waals surface area contributed by atoms with Gasteiger partial charge in [-0.2, -0.15) is 0 Å². The van der Waals surface area contributed by atoms with Gasteiger partial charge in [-0.25, -0.2) is 0 Å². The van der Waals surface area contributed by atoms with Gasteiger partial charge in [0.25, 0.3) is 0 Å². The summed E-state index contributed by atoms with van der Waals surface area (Å²) in [7, 11) is 0. The number of hydrogen-bond donors (Lipinski definition) is 1. The number of aryl methyl sites for hydroxylation is 2. The number of furan rings is 1. The molecule has 0 aromatic carbocycles. The molecular weight excluding hydrogens is 132 g/mol. The Balaban J connectivity index is 3.29. The van der Waals surface area contributed by atoms with Crippen molar-refractivity contribution in [3.8, 4) is 0 Å². The summed E-state index contributed by atoms with van der Waals surface area (Å²) >= 11 is 4.24. The highest BCUT2D eigenvalue weighted by atomic mass is 32.1. The molecule has 2 heteroatoms. The first kappa shape index (κ1) is 6.75. The van der Waals surface area contributed by atoms with Crippen LogP contribution in [0.25, 0.3) is 0 Å². The molecule has 0 N–H and O–H groups in total. The van der Waals surface area contributed by atoms with Crippen molar-refractivity contribution in [3.05, 3.63) is 17.1 Å². The van der Waals surface area contributed by atoms with Crippen molar-refractivity contribution >= 4 is 12.6 Å². The summed E-state index contributed by atoms with van der Waals surface area (Å²) in [5.74, 6) is 1.88. The molecule has 0 amide bonds. The fourth-order valence-electron chi connectivity index (χ4n) is 0.785. The Kier molecular flexibility index (Phi) is 1.58. The van der Waals surface area contributed by atoms with Crippen LogP contribution in [-0.2, 0) is 0 Å². The third kappa shape index (κ3) is 0.990.